The van der Waals surface area contributed by atoms with Crippen LogP contribution in [0.15, 0.2) is 48.9 Å². The number of aryl methyl sites for hydroxylation is 1. The van der Waals surface area contributed by atoms with Gasteiger partial charge in [-0.15, -0.1) is 0 Å². The van der Waals surface area contributed by atoms with Crippen molar-refractivity contribution in [2.75, 3.05) is 18.4 Å². The van der Waals surface area contributed by atoms with Crippen molar-refractivity contribution in [3.63, 3.8) is 0 Å². The molecule has 0 aliphatic carbocycles. The molecule has 1 atom stereocenters. The maximum Gasteiger partial charge on any atom is 0.130 e. The van der Waals surface area contributed by atoms with Gasteiger partial charge >= 0.3 is 0 Å². The second-order valence-electron chi connectivity index (χ2n) is 7.92. The van der Waals surface area contributed by atoms with Crippen LogP contribution in [0, 0.1) is 6.92 Å². The highest BCUT2D eigenvalue weighted by molar-refractivity contribution is 5.88. The van der Waals surface area contributed by atoms with Gasteiger partial charge in [-0.2, -0.15) is 0 Å². The largest absolute Gasteiger partial charge is 0.343 e. The summed E-state index contributed by atoms with van der Waals surface area (Å²) in [7, 11) is 2.05. The summed E-state index contributed by atoms with van der Waals surface area (Å²) >= 11 is 0. The van der Waals surface area contributed by atoms with Crippen molar-refractivity contribution in [3.8, 4) is 11.3 Å². The number of benzene rings is 1. The molecule has 1 saturated heterocycles. The molecule has 0 unspecified atom stereocenters. The van der Waals surface area contributed by atoms with Gasteiger partial charge in [0.25, 0.3) is 0 Å². The molecule has 0 saturated carbocycles. The third kappa shape index (κ3) is 3.80. The Labute approximate surface area is 167 Å². The van der Waals surface area contributed by atoms with Crippen LogP contribution in [0.25, 0.3) is 22.0 Å². The molecule has 4 rings (SSSR count). The van der Waals surface area contributed by atoms with Crippen LogP contribution >= 0.6 is 0 Å². The Morgan fingerprint density at radius 3 is 2.79 bits per heavy atom. The zero-order valence-electron chi connectivity index (χ0n) is 17.1. The van der Waals surface area contributed by atoms with Gasteiger partial charge in [-0.25, -0.2) is 9.97 Å². The summed E-state index contributed by atoms with van der Waals surface area (Å²) in [4.78, 5) is 11.5. The number of pyridine rings is 1. The monoisotopic (exact) mass is 375 g/mol. The fourth-order valence-electron chi connectivity index (χ4n) is 4.00. The summed E-state index contributed by atoms with van der Waals surface area (Å²) in [6.45, 7) is 10.6. The minimum Gasteiger partial charge on any atom is -0.343 e. The summed E-state index contributed by atoms with van der Waals surface area (Å²) in [6, 6.07) is 9.18. The van der Waals surface area contributed by atoms with Crippen molar-refractivity contribution >= 4 is 16.6 Å². The molecule has 0 amide bonds. The standard InChI is InChI=1S/C23H29N5/c1-16(15-28-10-6-5-7-17(28)2)26-23-12-21-11-19(8-9-20(21)13-25-23)22-14-24-18(3)27(22)4/h8-9,11-14,17H,1,5-7,10,15H2,2-4H3,(H,25,26)/t17-/m1/s1. The summed E-state index contributed by atoms with van der Waals surface area (Å²) < 4.78 is 2.11. The molecule has 1 N–H and O–H groups in total. The van der Waals surface area contributed by atoms with Gasteiger partial charge in [0, 0.05) is 42.5 Å². The van der Waals surface area contributed by atoms with Crippen molar-refractivity contribution in [3.05, 3.63) is 54.8 Å². The number of nitrogens with one attached hydrogen (secondary N) is 1. The molecule has 1 aliphatic rings. The third-order valence-corrected chi connectivity index (χ3v) is 5.88. The van der Waals surface area contributed by atoms with E-state index in [1.165, 1.54) is 19.3 Å². The molecule has 0 bridgehead atoms. The van der Waals surface area contributed by atoms with Gasteiger partial charge in [0.15, 0.2) is 0 Å². The number of aromatic nitrogens is 3. The average molecular weight is 376 g/mol. The molecule has 3 heterocycles. The van der Waals surface area contributed by atoms with Gasteiger partial charge in [0.1, 0.15) is 11.6 Å². The minimum absolute atomic E-state index is 0.627. The molecule has 0 spiro atoms. The number of piperidine rings is 1. The van der Waals surface area contributed by atoms with E-state index in [2.05, 4.69) is 62.5 Å². The Bertz CT molecular complexity index is 1000. The number of anilines is 1. The lowest BCUT2D eigenvalue weighted by Crippen LogP contribution is -2.39. The van der Waals surface area contributed by atoms with Crippen LogP contribution in [0.2, 0.25) is 0 Å². The third-order valence-electron chi connectivity index (χ3n) is 5.88. The van der Waals surface area contributed by atoms with E-state index in [9.17, 15) is 0 Å². The first-order valence-corrected chi connectivity index (χ1v) is 10.1. The van der Waals surface area contributed by atoms with Gasteiger partial charge in [-0.05, 0) is 50.8 Å². The SMILES string of the molecule is C=C(CN1CCCC[C@H]1C)Nc1cc2cc(-c3cnc(C)n3C)ccc2cn1. The van der Waals surface area contributed by atoms with Gasteiger partial charge in [0.2, 0.25) is 0 Å². The first-order valence-electron chi connectivity index (χ1n) is 10.1. The summed E-state index contributed by atoms with van der Waals surface area (Å²) in [6.07, 6.45) is 7.74. The number of hydrogen-bond acceptors (Lipinski definition) is 4. The first kappa shape index (κ1) is 18.7. The Hall–Kier alpha value is -2.66. The molecule has 28 heavy (non-hydrogen) atoms. The fraction of sp³-hybridized carbons (Fsp3) is 0.391. The van der Waals surface area contributed by atoms with Crippen molar-refractivity contribution in [2.45, 2.75) is 39.2 Å². The Morgan fingerprint density at radius 1 is 1.18 bits per heavy atom. The molecular weight excluding hydrogens is 346 g/mol. The fourth-order valence-corrected chi connectivity index (χ4v) is 4.00. The molecule has 0 radical (unpaired) electrons. The molecule has 146 valence electrons. The van der Waals surface area contributed by atoms with E-state index in [0.717, 1.165) is 52.5 Å². The quantitative estimate of drug-likeness (QED) is 0.699. The molecule has 5 heteroatoms. The van der Waals surface area contributed by atoms with Crippen LogP contribution in [0.1, 0.15) is 32.0 Å². The lowest BCUT2D eigenvalue weighted by Gasteiger charge is -2.33. The zero-order chi connectivity index (χ0) is 19.7. The van der Waals surface area contributed by atoms with Gasteiger partial charge < -0.3 is 9.88 Å². The van der Waals surface area contributed by atoms with Gasteiger partial charge in [-0.1, -0.05) is 25.1 Å². The first-order chi connectivity index (χ1) is 13.5. The lowest BCUT2D eigenvalue weighted by atomic mass is 10.0. The highest BCUT2D eigenvalue weighted by atomic mass is 15.2. The van der Waals surface area contributed by atoms with Gasteiger partial charge in [-0.3, -0.25) is 4.90 Å². The van der Waals surface area contributed by atoms with E-state index in [4.69, 9.17) is 0 Å². The van der Waals surface area contributed by atoms with Crippen molar-refractivity contribution < 1.29 is 0 Å². The van der Waals surface area contributed by atoms with Gasteiger partial charge in [0.05, 0.1) is 11.9 Å². The summed E-state index contributed by atoms with van der Waals surface area (Å²) in [5.41, 5.74) is 3.28. The van der Waals surface area contributed by atoms with Crippen molar-refractivity contribution in [1.82, 2.24) is 19.4 Å². The van der Waals surface area contributed by atoms with E-state index in [-0.39, 0.29) is 0 Å². The maximum absolute atomic E-state index is 4.58. The number of rotatable bonds is 5. The molecule has 1 aliphatic heterocycles. The van der Waals surface area contributed by atoms with Crippen LogP contribution in [0.3, 0.4) is 0 Å². The van der Waals surface area contributed by atoms with Crippen LogP contribution in [0.5, 0.6) is 0 Å². The predicted molar refractivity (Wildman–Crippen MR) is 116 cm³/mol. The van der Waals surface area contributed by atoms with E-state index in [1.54, 1.807) is 0 Å². The molecule has 3 aromatic rings. The minimum atomic E-state index is 0.627. The number of imidazole rings is 1. The smallest absolute Gasteiger partial charge is 0.130 e. The van der Waals surface area contributed by atoms with E-state index < -0.39 is 0 Å². The number of likely N-dealkylation sites (tertiary alicyclic amines) is 1. The normalized spacial score (nSPS) is 17.8. The number of nitrogens with zero attached hydrogens (tertiary/aromatic N) is 4. The molecular formula is C23H29N5. The van der Waals surface area contributed by atoms with Crippen LogP contribution in [0.4, 0.5) is 5.82 Å². The Kier molecular flexibility index (Phi) is 5.18. The average Bonchev–Trinajstić information content (AvgIpc) is 3.02. The van der Waals surface area contributed by atoms with Crippen LogP contribution in [-0.4, -0.2) is 38.6 Å². The Balaban J connectivity index is 1.53. The van der Waals surface area contributed by atoms with E-state index in [1.807, 2.05) is 26.4 Å². The lowest BCUT2D eigenvalue weighted by molar-refractivity contribution is 0.175. The predicted octanol–water partition coefficient (Wildman–Crippen LogP) is 4.74. The van der Waals surface area contributed by atoms with Crippen LogP contribution in [-0.2, 0) is 7.05 Å². The van der Waals surface area contributed by atoms with Crippen LogP contribution < -0.4 is 5.32 Å². The second kappa shape index (κ2) is 7.76. The zero-order valence-corrected chi connectivity index (χ0v) is 17.1. The Morgan fingerprint density at radius 2 is 2.04 bits per heavy atom. The molecule has 1 aromatic carbocycles. The molecule has 1 fully saturated rings. The highest BCUT2D eigenvalue weighted by Gasteiger charge is 2.18. The number of fused-ring (bicyclic) bond motifs is 1. The van der Waals surface area contributed by atoms with Crippen molar-refractivity contribution in [2.24, 2.45) is 7.05 Å². The summed E-state index contributed by atoms with van der Waals surface area (Å²) in [5, 5.41) is 5.70. The van der Waals surface area contributed by atoms with E-state index >= 15 is 0 Å². The number of hydrogen-bond donors (Lipinski definition) is 1. The molecule has 2 aromatic heterocycles. The maximum atomic E-state index is 4.58. The topological polar surface area (TPSA) is 46.0 Å². The highest BCUT2D eigenvalue weighted by Crippen LogP contribution is 2.26. The van der Waals surface area contributed by atoms with E-state index in [0.29, 0.717) is 6.04 Å². The molecule has 5 nitrogen and oxygen atoms in total. The van der Waals surface area contributed by atoms with Crippen molar-refractivity contribution in [1.29, 1.82) is 0 Å². The summed E-state index contributed by atoms with van der Waals surface area (Å²) in [5.74, 6) is 1.86. The second-order valence-corrected chi connectivity index (χ2v) is 7.92.